The predicted molar refractivity (Wildman–Crippen MR) is 137 cm³/mol. The standard InChI is InChI=1S/C27H21BrN4O5/c28-18-13-11-17(12-14-18)22(34)21-23(35)24(36)30(15-16-33)27(21)25(37)31(19-7-3-1-4-8-19)26(29)32(27)20-9-5-2-6-10-20/h1-14,29,33H,15-16H2,(H,34,35). The first kappa shape index (κ1) is 24.4. The molecular formula is C27H21BrN4O5. The van der Waals surface area contributed by atoms with Crippen LogP contribution in [0.2, 0.25) is 0 Å². The molecule has 3 aromatic carbocycles. The highest BCUT2D eigenvalue weighted by Crippen LogP contribution is 2.45. The van der Waals surface area contributed by atoms with Crippen molar-refractivity contribution in [3.8, 4) is 0 Å². The molecule has 1 unspecified atom stereocenters. The van der Waals surface area contributed by atoms with Gasteiger partial charge in [-0.3, -0.25) is 20.2 Å². The van der Waals surface area contributed by atoms with Gasteiger partial charge in [-0.1, -0.05) is 70.2 Å². The van der Waals surface area contributed by atoms with Gasteiger partial charge in [0.1, 0.15) is 11.4 Å². The van der Waals surface area contributed by atoms with Crippen molar-refractivity contribution in [3.63, 3.8) is 0 Å². The van der Waals surface area contributed by atoms with Crippen molar-refractivity contribution in [3.05, 3.63) is 101 Å². The van der Waals surface area contributed by atoms with Crippen molar-refractivity contribution in [1.82, 2.24) is 4.90 Å². The van der Waals surface area contributed by atoms with E-state index < -0.39 is 41.2 Å². The monoisotopic (exact) mass is 560 g/mol. The van der Waals surface area contributed by atoms with Crippen LogP contribution in [-0.2, 0) is 14.4 Å². The third kappa shape index (κ3) is 3.56. The summed E-state index contributed by atoms with van der Waals surface area (Å²) in [5.74, 6) is -3.88. The molecule has 186 valence electrons. The molecule has 0 bridgehead atoms. The average molecular weight is 561 g/mol. The van der Waals surface area contributed by atoms with E-state index in [9.17, 15) is 24.6 Å². The molecule has 0 aliphatic carbocycles. The average Bonchev–Trinajstić information content (AvgIpc) is 3.27. The van der Waals surface area contributed by atoms with E-state index in [1.165, 1.54) is 21.6 Å². The molecule has 1 saturated heterocycles. The summed E-state index contributed by atoms with van der Waals surface area (Å²) in [5, 5.41) is 23.8. The fraction of sp³-hybridized carbons (Fsp3) is 0.111. The number of rotatable bonds is 5. The Morgan fingerprint density at radius 1 is 0.946 bits per heavy atom. The van der Waals surface area contributed by atoms with E-state index in [1.54, 1.807) is 72.8 Å². The lowest BCUT2D eigenvalue weighted by atomic mass is 9.93. The second kappa shape index (κ2) is 9.30. The highest BCUT2D eigenvalue weighted by Gasteiger charge is 2.72. The van der Waals surface area contributed by atoms with Crippen LogP contribution in [0.3, 0.4) is 0 Å². The Morgan fingerprint density at radius 3 is 2.14 bits per heavy atom. The van der Waals surface area contributed by atoms with Gasteiger partial charge in [0.15, 0.2) is 0 Å². The number of hydrogen-bond donors (Lipinski definition) is 2. The molecule has 1 fully saturated rings. The highest BCUT2D eigenvalue weighted by molar-refractivity contribution is 9.10. The van der Waals surface area contributed by atoms with Crippen LogP contribution in [0.15, 0.2) is 95.0 Å². The van der Waals surface area contributed by atoms with Crippen LogP contribution >= 0.6 is 15.9 Å². The van der Waals surface area contributed by atoms with Crippen LogP contribution in [0.1, 0.15) is 5.56 Å². The molecule has 2 heterocycles. The number of aliphatic hydroxyl groups is 1. The van der Waals surface area contributed by atoms with Crippen molar-refractivity contribution < 1.29 is 29.2 Å². The third-order valence-corrected chi connectivity index (χ3v) is 6.90. The first-order valence-electron chi connectivity index (χ1n) is 11.4. The van der Waals surface area contributed by atoms with Gasteiger partial charge < -0.3 is 10.2 Å². The van der Waals surface area contributed by atoms with Crippen LogP contribution in [0.4, 0.5) is 11.4 Å². The molecule has 0 radical (unpaired) electrons. The lowest BCUT2D eigenvalue weighted by molar-refractivity contribution is -0.524. The number of likely N-dealkylation sites (tertiary alicyclic amines) is 1. The topological polar surface area (TPSA) is 130 Å². The van der Waals surface area contributed by atoms with E-state index in [4.69, 9.17) is 5.73 Å². The number of aliphatic hydroxyl groups excluding tert-OH is 1. The van der Waals surface area contributed by atoms with Gasteiger partial charge in [-0.2, -0.15) is 9.48 Å². The molecule has 0 saturated carbocycles. The largest absolute Gasteiger partial charge is 0.872 e. The van der Waals surface area contributed by atoms with Crippen LogP contribution in [-0.4, -0.2) is 57.0 Å². The molecule has 10 heteroatoms. The highest BCUT2D eigenvalue weighted by atomic mass is 79.9. The Balaban J connectivity index is 1.90. The quantitative estimate of drug-likeness (QED) is 0.209. The molecule has 37 heavy (non-hydrogen) atoms. The first-order chi connectivity index (χ1) is 17.8. The second-order valence-corrected chi connectivity index (χ2v) is 9.31. The van der Waals surface area contributed by atoms with Crippen LogP contribution < -0.4 is 15.7 Å². The minimum absolute atomic E-state index is 0.103. The zero-order valence-corrected chi connectivity index (χ0v) is 21.0. The van der Waals surface area contributed by atoms with E-state index >= 15 is 0 Å². The summed E-state index contributed by atoms with van der Waals surface area (Å²) in [5.41, 5.74) is 4.68. The fourth-order valence-electron chi connectivity index (χ4n) is 4.84. The van der Waals surface area contributed by atoms with Gasteiger partial charge in [0, 0.05) is 11.0 Å². The van der Waals surface area contributed by atoms with Gasteiger partial charge in [-0.15, -0.1) is 0 Å². The number of anilines is 1. The minimum Gasteiger partial charge on any atom is -0.872 e. The molecule has 9 nitrogen and oxygen atoms in total. The number of carbonyl (C=O) groups is 3. The number of para-hydroxylation sites is 2. The molecule has 0 aromatic heterocycles. The lowest BCUT2D eigenvalue weighted by Gasteiger charge is -2.34. The number of amides is 2. The molecular weight excluding hydrogens is 540 g/mol. The molecule has 3 N–H and O–H groups in total. The molecule has 1 atom stereocenters. The van der Waals surface area contributed by atoms with Crippen LogP contribution in [0, 0.1) is 0 Å². The summed E-state index contributed by atoms with van der Waals surface area (Å²) in [6, 6.07) is 23.2. The van der Waals surface area contributed by atoms with E-state index in [0.29, 0.717) is 15.8 Å². The summed E-state index contributed by atoms with van der Waals surface area (Å²) in [7, 11) is 0. The minimum atomic E-state index is -2.25. The summed E-state index contributed by atoms with van der Waals surface area (Å²) in [6.07, 6.45) is 0. The smallest absolute Gasteiger partial charge is 0.366 e. The van der Waals surface area contributed by atoms with Gasteiger partial charge in [0.25, 0.3) is 17.4 Å². The zero-order chi connectivity index (χ0) is 26.3. The number of hydrogen-bond acceptors (Lipinski definition) is 6. The number of carbonyl (C=O) groups excluding carboxylic acids is 3. The Hall–Kier alpha value is -4.28. The summed E-state index contributed by atoms with van der Waals surface area (Å²) in [6.45, 7) is -0.936. The predicted octanol–water partition coefficient (Wildman–Crippen LogP) is 1.33. The molecule has 1 spiro atoms. The van der Waals surface area contributed by atoms with Crippen molar-refractivity contribution in [2.24, 2.45) is 5.73 Å². The Bertz CT molecular complexity index is 1470. The Labute approximate surface area is 220 Å². The maximum absolute atomic E-state index is 14.5. The van der Waals surface area contributed by atoms with E-state index in [0.717, 1.165) is 4.90 Å². The SMILES string of the molecule is NC1=[N+](c2ccccc2)C2(C(=O)N1c1ccccc1)/C(=C(\[O-])c1ccc(Br)cc1)C(=O)C(=O)N2CCO. The molecule has 2 aliphatic rings. The maximum atomic E-state index is 14.5. The third-order valence-electron chi connectivity index (χ3n) is 6.37. The molecule has 2 amide bonds. The van der Waals surface area contributed by atoms with E-state index in [-0.39, 0.29) is 18.1 Å². The fourth-order valence-corrected chi connectivity index (χ4v) is 5.10. The number of ketones is 1. The van der Waals surface area contributed by atoms with Gasteiger partial charge in [-0.05, 0) is 42.0 Å². The van der Waals surface area contributed by atoms with Gasteiger partial charge in [-0.25, -0.2) is 4.79 Å². The number of halogens is 1. The van der Waals surface area contributed by atoms with Crippen LogP contribution in [0.25, 0.3) is 5.76 Å². The molecule has 2 aliphatic heterocycles. The summed E-state index contributed by atoms with van der Waals surface area (Å²) >= 11 is 3.32. The molecule has 3 aromatic rings. The number of nitrogens with two attached hydrogens (primary N) is 1. The second-order valence-electron chi connectivity index (χ2n) is 8.40. The van der Waals surface area contributed by atoms with Crippen molar-refractivity contribution in [1.29, 1.82) is 0 Å². The number of nitrogens with zero attached hydrogens (tertiary/aromatic N) is 3. The van der Waals surface area contributed by atoms with Gasteiger partial charge >= 0.3 is 11.9 Å². The number of Topliss-reactive ketones (excluding diaryl/α,β-unsaturated/α-hetero) is 1. The van der Waals surface area contributed by atoms with Crippen molar-refractivity contribution >= 4 is 56.6 Å². The first-order valence-corrected chi connectivity index (χ1v) is 12.2. The summed E-state index contributed by atoms with van der Waals surface area (Å²) < 4.78 is 2.03. The lowest BCUT2D eigenvalue weighted by Crippen LogP contribution is -2.59. The van der Waals surface area contributed by atoms with Crippen LogP contribution in [0.5, 0.6) is 0 Å². The van der Waals surface area contributed by atoms with E-state index in [1.807, 2.05) is 0 Å². The Kier molecular flexibility index (Phi) is 6.14. The summed E-state index contributed by atoms with van der Waals surface area (Å²) in [4.78, 5) is 43.5. The van der Waals surface area contributed by atoms with Gasteiger partial charge in [0.2, 0.25) is 0 Å². The molecule has 5 rings (SSSR count). The maximum Gasteiger partial charge on any atom is 0.366 e. The zero-order valence-electron chi connectivity index (χ0n) is 19.4. The number of guanidine groups is 1. The van der Waals surface area contributed by atoms with Crippen molar-refractivity contribution in [2.75, 3.05) is 18.1 Å². The number of β-amino-alcohol motifs (C(OH)–C–C–N with tert-alkyl or cyclic N) is 1. The Morgan fingerprint density at radius 2 is 1.54 bits per heavy atom. The normalized spacial score (nSPS) is 21.0. The van der Waals surface area contributed by atoms with E-state index in [2.05, 4.69) is 15.9 Å². The number of benzene rings is 3. The van der Waals surface area contributed by atoms with Gasteiger partial charge in [0.05, 0.1) is 12.2 Å². The van der Waals surface area contributed by atoms with Crippen molar-refractivity contribution in [2.45, 2.75) is 5.66 Å².